The van der Waals surface area contributed by atoms with Crippen LogP contribution in [0.15, 0.2) is 54.9 Å². The molecule has 1 aromatic heterocycles. The lowest BCUT2D eigenvalue weighted by atomic mass is 10.1. The average molecular weight is 487 g/mol. The number of hydrogen-bond acceptors (Lipinski definition) is 4. The molecule has 0 saturated carbocycles. The van der Waals surface area contributed by atoms with Crippen molar-refractivity contribution < 1.29 is 14.3 Å². The van der Waals surface area contributed by atoms with Crippen LogP contribution < -0.4 is 5.43 Å². The molecule has 0 bridgehead atoms. The fraction of sp³-hybridized carbons (Fsp3) is 0.0588. The molecule has 3 rings (SSSR count). The summed E-state index contributed by atoms with van der Waals surface area (Å²) in [6.45, 7) is 1.65. The fourth-order valence-electron chi connectivity index (χ4n) is 2.24. The highest BCUT2D eigenvalue weighted by Crippen LogP contribution is 2.31. The van der Waals surface area contributed by atoms with Gasteiger partial charge in [0.05, 0.1) is 10.2 Å². The van der Waals surface area contributed by atoms with E-state index in [1.54, 1.807) is 25.1 Å². The van der Waals surface area contributed by atoms with E-state index in [2.05, 4.69) is 42.4 Å². The molecule has 0 spiro atoms. The van der Waals surface area contributed by atoms with Crippen LogP contribution in [0.3, 0.4) is 0 Å². The maximum Gasteiger partial charge on any atom is 0.307 e. The quantitative estimate of drug-likeness (QED) is 0.381. The lowest BCUT2D eigenvalue weighted by molar-refractivity contribution is 0.0929. The summed E-state index contributed by atoms with van der Waals surface area (Å²) in [6.07, 6.45) is 0. The van der Waals surface area contributed by atoms with Gasteiger partial charge in [-0.1, -0.05) is 27.5 Å². The molecule has 3 aromatic rings. The Kier molecular flexibility index (Phi) is 5.17. The Bertz CT molecular complexity index is 1010. The number of rotatable bonds is 3. The molecule has 1 amide bonds. The average Bonchev–Trinajstić information content (AvgIpc) is 2.99. The lowest BCUT2D eigenvalue weighted by Crippen LogP contribution is -2.18. The number of halogens is 3. The molecule has 0 aliphatic rings. The molecule has 0 radical (unpaired) electrons. The number of hydrogen-bond donors (Lipinski definition) is 2. The van der Waals surface area contributed by atoms with Gasteiger partial charge in [0.25, 0.3) is 0 Å². The van der Waals surface area contributed by atoms with Crippen LogP contribution in [0.2, 0.25) is 5.02 Å². The lowest BCUT2D eigenvalue weighted by Gasteiger charge is -2.05. The van der Waals surface area contributed by atoms with Crippen LogP contribution >= 0.6 is 43.5 Å². The number of hydrazone groups is 1. The van der Waals surface area contributed by atoms with Gasteiger partial charge in [-0.3, -0.25) is 4.79 Å². The summed E-state index contributed by atoms with van der Waals surface area (Å²) >= 11 is 12.7. The number of fused-ring (bicyclic) bond motifs is 1. The van der Waals surface area contributed by atoms with E-state index in [1.807, 2.05) is 12.1 Å². The van der Waals surface area contributed by atoms with Crippen LogP contribution in [0.25, 0.3) is 11.0 Å². The molecule has 8 heteroatoms. The van der Waals surface area contributed by atoms with Crippen molar-refractivity contribution in [1.29, 1.82) is 0 Å². The molecular formula is C17H11Br2ClN2O3. The van der Waals surface area contributed by atoms with Crippen LogP contribution in [0, 0.1) is 0 Å². The molecule has 2 N–H and O–H groups in total. The van der Waals surface area contributed by atoms with Crippen molar-refractivity contribution in [2.45, 2.75) is 6.92 Å². The Morgan fingerprint density at radius 3 is 2.76 bits per heavy atom. The van der Waals surface area contributed by atoms with Crippen molar-refractivity contribution in [3.63, 3.8) is 0 Å². The fourth-order valence-corrected chi connectivity index (χ4v) is 3.75. The largest absolute Gasteiger partial charge is 0.507 e. The minimum atomic E-state index is -0.500. The highest BCUT2D eigenvalue weighted by molar-refractivity contribution is 9.11. The molecule has 5 nitrogen and oxygen atoms in total. The number of nitrogens with one attached hydrogen (secondary N) is 1. The summed E-state index contributed by atoms with van der Waals surface area (Å²) in [5.41, 5.74) is 3.83. The van der Waals surface area contributed by atoms with Gasteiger partial charge in [0, 0.05) is 20.4 Å². The van der Waals surface area contributed by atoms with Gasteiger partial charge in [0.1, 0.15) is 11.3 Å². The zero-order valence-electron chi connectivity index (χ0n) is 12.8. The monoisotopic (exact) mass is 484 g/mol. The molecule has 0 fully saturated rings. The maximum atomic E-state index is 12.3. The van der Waals surface area contributed by atoms with Crippen LogP contribution in [0.4, 0.5) is 0 Å². The predicted molar refractivity (Wildman–Crippen MR) is 104 cm³/mol. The van der Waals surface area contributed by atoms with Crippen molar-refractivity contribution in [1.82, 2.24) is 5.43 Å². The van der Waals surface area contributed by atoms with Gasteiger partial charge < -0.3 is 9.52 Å². The van der Waals surface area contributed by atoms with Crippen molar-refractivity contribution in [2.75, 3.05) is 0 Å². The minimum absolute atomic E-state index is 0.0254. The Hall–Kier alpha value is -1.83. The zero-order chi connectivity index (χ0) is 18.1. The molecule has 128 valence electrons. The van der Waals surface area contributed by atoms with Gasteiger partial charge >= 0.3 is 5.91 Å². The van der Waals surface area contributed by atoms with Gasteiger partial charge in [-0.2, -0.15) is 5.10 Å². The van der Waals surface area contributed by atoms with Gasteiger partial charge in [-0.15, -0.1) is 0 Å². The van der Waals surface area contributed by atoms with Crippen molar-refractivity contribution in [3.8, 4) is 5.75 Å². The van der Waals surface area contributed by atoms with E-state index in [0.717, 1.165) is 14.3 Å². The Morgan fingerprint density at radius 1 is 1.24 bits per heavy atom. The molecule has 1 heterocycles. The third-order valence-electron chi connectivity index (χ3n) is 3.43. The number of carbonyl (C=O) groups is 1. The molecular weight excluding hydrogens is 475 g/mol. The van der Waals surface area contributed by atoms with Gasteiger partial charge in [0.2, 0.25) is 0 Å². The molecule has 0 aliphatic carbocycles. The van der Waals surface area contributed by atoms with Gasteiger partial charge in [0.15, 0.2) is 5.76 Å². The predicted octanol–water partition coefficient (Wildman–Crippen LogP) is 5.47. The van der Waals surface area contributed by atoms with Crippen molar-refractivity contribution in [2.24, 2.45) is 5.10 Å². The van der Waals surface area contributed by atoms with Gasteiger partial charge in [-0.05, 0) is 59.3 Å². The Labute approximate surface area is 164 Å². The van der Waals surface area contributed by atoms with E-state index in [0.29, 0.717) is 21.9 Å². The molecule has 2 aromatic carbocycles. The molecule has 0 atom stereocenters. The highest BCUT2D eigenvalue weighted by atomic mass is 79.9. The van der Waals surface area contributed by atoms with E-state index in [-0.39, 0.29) is 11.5 Å². The molecule has 0 aliphatic heterocycles. The maximum absolute atomic E-state index is 12.3. The van der Waals surface area contributed by atoms with Crippen LogP contribution in [0.1, 0.15) is 23.0 Å². The SMILES string of the molecule is C/C(=N\NC(=O)c1cc2cc(Br)cc(Br)c2o1)c1cc(Cl)ccc1O. The third kappa shape index (κ3) is 3.89. The van der Waals surface area contributed by atoms with E-state index in [1.165, 1.54) is 6.07 Å². The molecule has 0 unspecified atom stereocenters. The van der Waals surface area contributed by atoms with Crippen LogP contribution in [-0.2, 0) is 0 Å². The first kappa shape index (κ1) is 18.0. The van der Waals surface area contributed by atoms with E-state index in [4.69, 9.17) is 16.0 Å². The van der Waals surface area contributed by atoms with Crippen molar-refractivity contribution >= 4 is 66.0 Å². The standard InChI is InChI=1S/C17H11Br2ClN2O3/c1-8(12-7-11(20)2-3-14(12)23)21-22-17(24)15-5-9-4-10(18)6-13(19)16(9)25-15/h2-7,23H,1H3,(H,22,24)/b21-8+. The number of furan rings is 1. The summed E-state index contributed by atoms with van der Waals surface area (Å²) in [5.74, 6) is -0.349. The van der Waals surface area contributed by atoms with E-state index >= 15 is 0 Å². The van der Waals surface area contributed by atoms with Crippen molar-refractivity contribution in [3.05, 3.63) is 61.7 Å². The third-order valence-corrected chi connectivity index (χ3v) is 4.72. The summed E-state index contributed by atoms with van der Waals surface area (Å²) in [7, 11) is 0. The first-order valence-corrected chi connectivity index (χ1v) is 9.03. The summed E-state index contributed by atoms with van der Waals surface area (Å²) < 4.78 is 7.18. The highest BCUT2D eigenvalue weighted by Gasteiger charge is 2.15. The molecule has 0 saturated heterocycles. The number of nitrogens with zero attached hydrogens (tertiary/aromatic N) is 1. The Morgan fingerprint density at radius 2 is 2.00 bits per heavy atom. The van der Waals surface area contributed by atoms with E-state index in [9.17, 15) is 9.90 Å². The number of aromatic hydroxyl groups is 1. The zero-order valence-corrected chi connectivity index (χ0v) is 16.7. The second-order valence-electron chi connectivity index (χ2n) is 5.22. The topological polar surface area (TPSA) is 74.8 Å². The summed E-state index contributed by atoms with van der Waals surface area (Å²) in [4.78, 5) is 12.3. The second kappa shape index (κ2) is 7.19. The smallest absolute Gasteiger partial charge is 0.307 e. The second-order valence-corrected chi connectivity index (χ2v) is 7.42. The number of phenols is 1. The minimum Gasteiger partial charge on any atom is -0.507 e. The molecule has 25 heavy (non-hydrogen) atoms. The first-order valence-electron chi connectivity index (χ1n) is 7.07. The summed E-state index contributed by atoms with van der Waals surface area (Å²) in [6, 6.07) is 9.90. The normalized spacial score (nSPS) is 11.8. The Balaban J connectivity index is 1.85. The van der Waals surface area contributed by atoms with E-state index < -0.39 is 5.91 Å². The first-order chi connectivity index (χ1) is 11.8. The summed E-state index contributed by atoms with van der Waals surface area (Å²) in [5, 5.41) is 15.1. The van der Waals surface area contributed by atoms with Crippen LogP contribution in [-0.4, -0.2) is 16.7 Å². The number of carbonyl (C=O) groups excluding carboxylic acids is 1. The number of phenolic OH excluding ortho intramolecular Hbond substituents is 1. The number of benzene rings is 2. The van der Waals surface area contributed by atoms with Crippen LogP contribution in [0.5, 0.6) is 5.75 Å². The van der Waals surface area contributed by atoms with Gasteiger partial charge in [-0.25, -0.2) is 5.43 Å². The number of amides is 1.